The van der Waals surface area contributed by atoms with Crippen molar-refractivity contribution in [1.29, 1.82) is 0 Å². The molecule has 3 N–H and O–H groups in total. The average molecular weight is 342 g/mol. The Morgan fingerprint density at radius 2 is 1.95 bits per heavy atom. The third-order valence-corrected chi connectivity index (χ3v) is 2.80. The van der Waals surface area contributed by atoms with Crippen LogP contribution in [0.2, 0.25) is 0 Å². The van der Waals surface area contributed by atoms with Crippen molar-refractivity contribution >= 4 is 18.4 Å². The molecule has 6 nitrogen and oxygen atoms in total. The van der Waals surface area contributed by atoms with Gasteiger partial charge in [0.25, 0.3) is 0 Å². The van der Waals surface area contributed by atoms with Crippen LogP contribution in [0.15, 0.2) is 12.1 Å². The van der Waals surface area contributed by atoms with E-state index in [0.717, 1.165) is 6.07 Å². The topological polar surface area (TPSA) is 91.0 Å². The van der Waals surface area contributed by atoms with Gasteiger partial charge in [-0.1, -0.05) is 0 Å². The number of hydrogen-bond donors (Lipinski definition) is 2. The summed E-state index contributed by atoms with van der Waals surface area (Å²) >= 11 is 0. The van der Waals surface area contributed by atoms with Crippen molar-refractivity contribution in [2.24, 2.45) is 5.73 Å². The van der Waals surface area contributed by atoms with Gasteiger partial charge in [0.2, 0.25) is 0 Å². The summed E-state index contributed by atoms with van der Waals surface area (Å²) in [6.45, 7) is 1.18. The van der Waals surface area contributed by atoms with Crippen LogP contribution >= 0.6 is 12.4 Å². The zero-order valence-electron chi connectivity index (χ0n) is 12.3. The molecule has 9 heteroatoms. The van der Waals surface area contributed by atoms with E-state index in [4.69, 9.17) is 15.2 Å². The first kappa shape index (κ1) is 20.2. The fraction of sp³-hybridized carbons (Fsp3) is 0.462. The Morgan fingerprint density at radius 3 is 2.41 bits per heavy atom. The minimum absolute atomic E-state index is 0. The molecule has 1 atom stereocenters. The molecular formula is C13H18ClF2NO5. The van der Waals surface area contributed by atoms with Crippen molar-refractivity contribution in [2.75, 3.05) is 20.8 Å². The molecule has 0 aliphatic heterocycles. The number of halogens is 3. The van der Waals surface area contributed by atoms with Crippen LogP contribution in [0, 0.1) is 0 Å². The van der Waals surface area contributed by atoms with Crippen LogP contribution < -0.4 is 15.2 Å². The van der Waals surface area contributed by atoms with Crippen LogP contribution in [-0.2, 0) is 9.53 Å². The molecule has 0 aliphatic carbocycles. The summed E-state index contributed by atoms with van der Waals surface area (Å²) in [5, 5.41) is 9.85. The molecule has 0 saturated heterocycles. The lowest BCUT2D eigenvalue weighted by Gasteiger charge is -2.24. The second kappa shape index (κ2) is 8.00. The summed E-state index contributed by atoms with van der Waals surface area (Å²) in [5.74, 6) is -6.28. The molecule has 0 fully saturated rings. The Labute approximate surface area is 132 Å². The predicted octanol–water partition coefficient (Wildman–Crippen LogP) is 2.03. The fourth-order valence-corrected chi connectivity index (χ4v) is 1.72. The van der Waals surface area contributed by atoms with Gasteiger partial charge in [0.1, 0.15) is 23.3 Å². The van der Waals surface area contributed by atoms with E-state index in [1.165, 1.54) is 27.2 Å². The van der Waals surface area contributed by atoms with Gasteiger partial charge in [-0.3, -0.25) is 0 Å². The monoisotopic (exact) mass is 341 g/mol. The minimum atomic E-state index is -4.02. The van der Waals surface area contributed by atoms with E-state index in [0.29, 0.717) is 0 Å². The SMILES string of the molecule is CCOC(=O)C(F)(F)[C@@H](N)c1c(O)cc(OC)cc1OC.Cl. The number of phenolic OH excluding ortho intramolecular Hbond substituents is 1. The smallest absolute Gasteiger partial charge is 0.379 e. The van der Waals surface area contributed by atoms with Gasteiger partial charge in [0, 0.05) is 12.1 Å². The maximum atomic E-state index is 14.0. The summed E-state index contributed by atoms with van der Waals surface area (Å²) in [6.07, 6.45) is 0. The van der Waals surface area contributed by atoms with Crippen molar-refractivity contribution < 1.29 is 32.9 Å². The van der Waals surface area contributed by atoms with Crippen molar-refractivity contribution in [3.05, 3.63) is 17.7 Å². The average Bonchev–Trinajstić information content (AvgIpc) is 2.45. The highest BCUT2D eigenvalue weighted by Crippen LogP contribution is 2.42. The second-order valence-electron chi connectivity index (χ2n) is 4.08. The number of phenols is 1. The van der Waals surface area contributed by atoms with Gasteiger partial charge in [0.15, 0.2) is 0 Å². The highest BCUT2D eigenvalue weighted by atomic mass is 35.5. The van der Waals surface area contributed by atoms with Gasteiger partial charge < -0.3 is 25.1 Å². The van der Waals surface area contributed by atoms with Crippen molar-refractivity contribution in [2.45, 2.75) is 18.9 Å². The van der Waals surface area contributed by atoms with Gasteiger partial charge in [-0.2, -0.15) is 8.78 Å². The molecule has 0 aromatic heterocycles. The first-order valence-electron chi connectivity index (χ1n) is 6.05. The number of nitrogens with two attached hydrogens (primary N) is 1. The largest absolute Gasteiger partial charge is 0.507 e. The van der Waals surface area contributed by atoms with E-state index in [1.807, 2.05) is 0 Å². The lowest BCUT2D eigenvalue weighted by atomic mass is 9.99. The Hall–Kier alpha value is -1.80. The molecule has 1 rings (SSSR count). The van der Waals surface area contributed by atoms with E-state index >= 15 is 0 Å². The first-order chi connectivity index (χ1) is 9.79. The van der Waals surface area contributed by atoms with Crippen molar-refractivity contribution in [3.8, 4) is 17.2 Å². The second-order valence-corrected chi connectivity index (χ2v) is 4.08. The van der Waals surface area contributed by atoms with Gasteiger partial charge in [0.05, 0.1) is 26.4 Å². The quantitative estimate of drug-likeness (QED) is 0.769. The number of methoxy groups -OCH3 is 2. The van der Waals surface area contributed by atoms with Crippen LogP contribution in [0.4, 0.5) is 8.78 Å². The lowest BCUT2D eigenvalue weighted by molar-refractivity contribution is -0.174. The van der Waals surface area contributed by atoms with Gasteiger partial charge >= 0.3 is 11.9 Å². The maximum Gasteiger partial charge on any atom is 0.379 e. The number of benzene rings is 1. The van der Waals surface area contributed by atoms with E-state index in [-0.39, 0.29) is 30.5 Å². The first-order valence-corrected chi connectivity index (χ1v) is 6.05. The number of rotatable bonds is 6. The number of ether oxygens (including phenoxy) is 3. The fourth-order valence-electron chi connectivity index (χ4n) is 1.72. The van der Waals surface area contributed by atoms with Crippen molar-refractivity contribution in [3.63, 3.8) is 0 Å². The Bertz CT molecular complexity index is 527. The minimum Gasteiger partial charge on any atom is -0.507 e. The highest BCUT2D eigenvalue weighted by Gasteiger charge is 2.49. The zero-order chi connectivity index (χ0) is 16.2. The molecule has 0 heterocycles. The van der Waals surface area contributed by atoms with E-state index < -0.39 is 29.2 Å². The number of hydrogen-bond acceptors (Lipinski definition) is 6. The van der Waals surface area contributed by atoms with Crippen LogP contribution in [0.25, 0.3) is 0 Å². The number of alkyl halides is 2. The van der Waals surface area contributed by atoms with Crippen LogP contribution in [-0.4, -0.2) is 37.8 Å². The van der Waals surface area contributed by atoms with Crippen LogP contribution in [0.5, 0.6) is 17.2 Å². The molecular weight excluding hydrogens is 324 g/mol. The lowest BCUT2D eigenvalue weighted by Crippen LogP contribution is -2.42. The van der Waals surface area contributed by atoms with E-state index in [1.54, 1.807) is 0 Å². The molecule has 1 aromatic carbocycles. The molecule has 0 unspecified atom stereocenters. The summed E-state index contributed by atoms with van der Waals surface area (Å²) in [7, 11) is 2.55. The van der Waals surface area contributed by atoms with Gasteiger partial charge in [-0.05, 0) is 6.92 Å². The van der Waals surface area contributed by atoms with Gasteiger partial charge in [-0.15, -0.1) is 12.4 Å². The third-order valence-electron chi connectivity index (χ3n) is 2.80. The molecule has 0 bridgehead atoms. The van der Waals surface area contributed by atoms with E-state index in [9.17, 15) is 18.7 Å². The number of carbonyl (C=O) groups excluding carboxylic acids is 1. The summed E-state index contributed by atoms with van der Waals surface area (Å²) in [4.78, 5) is 11.3. The Kier molecular flexibility index (Phi) is 7.34. The molecule has 0 spiro atoms. The molecule has 1 aromatic rings. The molecule has 22 heavy (non-hydrogen) atoms. The summed E-state index contributed by atoms with van der Waals surface area (Å²) in [5.41, 5.74) is 5.03. The molecule has 126 valence electrons. The Balaban J connectivity index is 0.00000441. The zero-order valence-corrected chi connectivity index (χ0v) is 13.1. The van der Waals surface area contributed by atoms with Crippen LogP contribution in [0.3, 0.4) is 0 Å². The highest BCUT2D eigenvalue weighted by molar-refractivity contribution is 5.85. The van der Waals surface area contributed by atoms with E-state index in [2.05, 4.69) is 4.74 Å². The predicted molar refractivity (Wildman–Crippen MR) is 77.0 cm³/mol. The standard InChI is InChI=1S/C13H17F2NO5.ClH/c1-4-21-12(18)13(14,15)11(16)10-8(17)5-7(19-2)6-9(10)20-3;/h5-6,11,17H,4,16H2,1-3H3;1H/t11-;/m0./s1. The van der Waals surface area contributed by atoms with Crippen LogP contribution in [0.1, 0.15) is 18.5 Å². The normalized spacial score (nSPS) is 12.1. The number of esters is 1. The molecule has 0 aliphatic rings. The molecule has 0 amide bonds. The number of carbonyl (C=O) groups is 1. The Morgan fingerprint density at radius 1 is 1.36 bits per heavy atom. The maximum absolute atomic E-state index is 14.0. The van der Waals surface area contributed by atoms with Crippen molar-refractivity contribution in [1.82, 2.24) is 0 Å². The van der Waals surface area contributed by atoms with Gasteiger partial charge in [-0.25, -0.2) is 4.79 Å². The molecule has 0 radical (unpaired) electrons. The summed E-state index contributed by atoms with van der Waals surface area (Å²) < 4.78 is 42.0. The summed E-state index contributed by atoms with van der Waals surface area (Å²) in [6, 6.07) is 0.243. The third kappa shape index (κ3) is 3.89. The molecule has 0 saturated carbocycles. The number of aromatic hydroxyl groups is 1.